The molecule has 0 atom stereocenters. The van der Waals surface area contributed by atoms with Crippen LogP contribution in [0.3, 0.4) is 0 Å². The molecule has 206 valence electrons. The third-order valence-corrected chi connectivity index (χ3v) is 8.21. The molecule has 12 nitrogen and oxygen atoms in total. The van der Waals surface area contributed by atoms with Crippen molar-refractivity contribution in [3.05, 3.63) is 83.9 Å². The first-order chi connectivity index (χ1) is 18.5. The Morgan fingerprint density at radius 1 is 0.872 bits per heavy atom. The van der Waals surface area contributed by atoms with Gasteiger partial charge in [0.05, 0.1) is 23.0 Å². The Bertz CT molecular complexity index is 1550. The molecule has 0 radical (unpaired) electrons. The Morgan fingerprint density at radius 3 is 2.13 bits per heavy atom. The molecule has 0 aromatic heterocycles. The molecule has 0 spiro atoms. The number of primary sulfonamides is 1. The largest absolute Gasteiger partial charge is 0.378 e. The van der Waals surface area contributed by atoms with Gasteiger partial charge in [-0.25, -0.2) is 31.5 Å². The zero-order valence-corrected chi connectivity index (χ0v) is 22.4. The Kier molecular flexibility index (Phi) is 8.62. The lowest BCUT2D eigenvalue weighted by atomic mass is 10.1. The van der Waals surface area contributed by atoms with Crippen molar-refractivity contribution in [2.45, 2.75) is 16.3 Å². The van der Waals surface area contributed by atoms with E-state index in [9.17, 15) is 21.6 Å². The molecular formula is C25H28N6O6S2. The van der Waals surface area contributed by atoms with E-state index in [1.807, 2.05) is 4.90 Å². The summed E-state index contributed by atoms with van der Waals surface area (Å²) in [6.45, 7) is 2.34. The van der Waals surface area contributed by atoms with Gasteiger partial charge >= 0.3 is 6.03 Å². The molecule has 0 unspecified atom stereocenters. The van der Waals surface area contributed by atoms with Crippen molar-refractivity contribution in [1.29, 1.82) is 5.41 Å². The lowest BCUT2D eigenvalue weighted by Crippen LogP contribution is -2.40. The number of nitrogens with zero attached hydrogens (tertiary/aromatic N) is 1. The van der Waals surface area contributed by atoms with E-state index in [4.69, 9.17) is 15.3 Å². The summed E-state index contributed by atoms with van der Waals surface area (Å²) in [7, 11) is -7.70. The third-order valence-electron chi connectivity index (χ3n) is 5.86. The van der Waals surface area contributed by atoms with Gasteiger partial charge in [-0.05, 0) is 54.1 Å². The number of carbonyl (C=O) groups is 1. The van der Waals surface area contributed by atoms with Crippen LogP contribution in [-0.2, 0) is 31.3 Å². The molecule has 1 aliphatic rings. The summed E-state index contributed by atoms with van der Waals surface area (Å²) in [6, 6.07) is 17.6. The summed E-state index contributed by atoms with van der Waals surface area (Å²) < 4.78 is 55.8. The van der Waals surface area contributed by atoms with Gasteiger partial charge in [0.15, 0.2) is 0 Å². The first-order valence-corrected chi connectivity index (χ1v) is 14.9. The molecule has 0 aliphatic carbocycles. The maximum atomic E-state index is 12.7. The summed E-state index contributed by atoms with van der Waals surface area (Å²) in [5.74, 6) is 0.355. The van der Waals surface area contributed by atoms with E-state index in [2.05, 4.69) is 15.4 Å². The summed E-state index contributed by atoms with van der Waals surface area (Å²) >= 11 is 0. The van der Waals surface area contributed by atoms with Crippen LogP contribution in [0.15, 0.2) is 82.6 Å². The number of benzene rings is 3. The summed E-state index contributed by atoms with van der Waals surface area (Å²) in [6.07, 6.45) is 0. The van der Waals surface area contributed by atoms with Crippen molar-refractivity contribution < 1.29 is 26.4 Å². The highest BCUT2D eigenvalue weighted by molar-refractivity contribution is 7.89. The molecule has 0 saturated carbocycles. The van der Waals surface area contributed by atoms with Gasteiger partial charge in [-0.15, -0.1) is 0 Å². The molecule has 0 bridgehead atoms. The van der Waals surface area contributed by atoms with Crippen LogP contribution in [0.4, 0.5) is 16.2 Å². The fourth-order valence-corrected chi connectivity index (χ4v) is 5.32. The number of amides is 2. The number of carbonyl (C=O) groups excluding carboxylic acids is 1. The molecule has 1 heterocycles. The zero-order chi connectivity index (χ0) is 28.0. The number of rotatable bonds is 8. The van der Waals surface area contributed by atoms with Gasteiger partial charge in [-0.2, -0.15) is 0 Å². The Balaban J connectivity index is 1.32. The number of sulfonamides is 2. The number of hydrogen-bond acceptors (Lipinski definition) is 7. The lowest BCUT2D eigenvalue weighted by molar-refractivity contribution is 0.0680. The fraction of sp³-hybridized carbons (Fsp3) is 0.200. The molecule has 1 aliphatic heterocycles. The molecule has 6 N–H and O–H groups in total. The number of morpholine rings is 1. The van der Waals surface area contributed by atoms with Crippen LogP contribution in [0.1, 0.15) is 11.1 Å². The minimum Gasteiger partial charge on any atom is -0.378 e. The maximum Gasteiger partial charge on any atom is 0.323 e. The summed E-state index contributed by atoms with van der Waals surface area (Å²) in [5.41, 5.74) is 2.09. The third kappa shape index (κ3) is 7.61. The number of urea groups is 1. The highest BCUT2D eigenvalue weighted by Crippen LogP contribution is 2.17. The van der Waals surface area contributed by atoms with E-state index in [0.717, 1.165) is 0 Å². The van der Waals surface area contributed by atoms with Gasteiger partial charge in [-0.3, -0.25) is 5.41 Å². The minimum atomic E-state index is -3.87. The van der Waals surface area contributed by atoms with Crippen molar-refractivity contribution in [2.24, 2.45) is 5.14 Å². The van der Waals surface area contributed by atoms with Crippen molar-refractivity contribution in [2.75, 3.05) is 36.9 Å². The summed E-state index contributed by atoms with van der Waals surface area (Å²) in [5, 5.41) is 18.9. The second kappa shape index (κ2) is 11.9. The second-order valence-electron chi connectivity index (χ2n) is 8.65. The lowest BCUT2D eigenvalue weighted by Gasteiger charge is -2.29. The molecule has 1 fully saturated rings. The van der Waals surface area contributed by atoms with Crippen molar-refractivity contribution >= 4 is 43.3 Å². The topological polar surface area (TPSA) is 184 Å². The SMILES string of the molecule is N=C(c1cccc(NC(=O)Nc2ccc(S(=O)(=O)NCc3ccc(S(N)(=O)=O)cc3)cc2)c1)N1CCOCC1. The fourth-order valence-electron chi connectivity index (χ4n) is 3.78. The maximum absolute atomic E-state index is 12.7. The molecule has 2 amide bonds. The van der Waals surface area contributed by atoms with Crippen LogP contribution in [0.5, 0.6) is 0 Å². The number of nitrogens with one attached hydrogen (secondary N) is 4. The van der Waals surface area contributed by atoms with Crippen LogP contribution in [0.2, 0.25) is 0 Å². The average molecular weight is 573 g/mol. The van der Waals surface area contributed by atoms with Crippen molar-refractivity contribution in [3.8, 4) is 0 Å². The van der Waals surface area contributed by atoms with E-state index in [0.29, 0.717) is 54.6 Å². The molecule has 39 heavy (non-hydrogen) atoms. The smallest absolute Gasteiger partial charge is 0.323 e. The van der Waals surface area contributed by atoms with E-state index < -0.39 is 26.1 Å². The van der Waals surface area contributed by atoms with Gasteiger partial charge in [0.1, 0.15) is 5.84 Å². The van der Waals surface area contributed by atoms with Crippen LogP contribution in [-0.4, -0.2) is 59.9 Å². The monoisotopic (exact) mass is 572 g/mol. The van der Waals surface area contributed by atoms with E-state index >= 15 is 0 Å². The number of ether oxygens (including phenoxy) is 1. The zero-order valence-electron chi connectivity index (χ0n) is 20.8. The average Bonchev–Trinajstić information content (AvgIpc) is 2.92. The molecule has 3 aromatic carbocycles. The van der Waals surface area contributed by atoms with Gasteiger partial charge in [-0.1, -0.05) is 24.3 Å². The van der Waals surface area contributed by atoms with Gasteiger partial charge in [0.2, 0.25) is 20.0 Å². The molecule has 4 rings (SSSR count). The highest BCUT2D eigenvalue weighted by atomic mass is 32.2. The number of amidine groups is 1. The van der Waals surface area contributed by atoms with Crippen LogP contribution >= 0.6 is 0 Å². The van der Waals surface area contributed by atoms with Gasteiger partial charge < -0.3 is 20.3 Å². The number of anilines is 2. The van der Waals surface area contributed by atoms with Crippen molar-refractivity contribution in [3.63, 3.8) is 0 Å². The van der Waals surface area contributed by atoms with Crippen LogP contribution in [0.25, 0.3) is 0 Å². The normalized spacial score (nSPS) is 14.0. The second-order valence-corrected chi connectivity index (χ2v) is 12.0. The summed E-state index contributed by atoms with van der Waals surface area (Å²) in [4.78, 5) is 14.3. The highest BCUT2D eigenvalue weighted by Gasteiger charge is 2.17. The Morgan fingerprint density at radius 2 is 1.49 bits per heavy atom. The van der Waals surface area contributed by atoms with Gasteiger partial charge in [0.25, 0.3) is 0 Å². The minimum absolute atomic E-state index is 0.0102. The molecule has 14 heteroatoms. The quantitative estimate of drug-likeness (QED) is 0.202. The van der Waals surface area contributed by atoms with Crippen molar-refractivity contribution in [1.82, 2.24) is 9.62 Å². The predicted octanol–water partition coefficient (Wildman–Crippen LogP) is 2.11. The number of hydrogen-bond donors (Lipinski definition) is 5. The predicted molar refractivity (Wildman–Crippen MR) is 147 cm³/mol. The molecular weight excluding hydrogens is 544 g/mol. The first-order valence-electron chi connectivity index (χ1n) is 11.8. The molecule has 3 aromatic rings. The first kappa shape index (κ1) is 28.2. The van der Waals surface area contributed by atoms with E-state index in [1.165, 1.54) is 48.5 Å². The van der Waals surface area contributed by atoms with Crippen LogP contribution in [0, 0.1) is 5.41 Å². The Labute approximate surface area is 226 Å². The van der Waals surface area contributed by atoms with E-state index in [-0.39, 0.29) is 16.3 Å². The van der Waals surface area contributed by atoms with E-state index in [1.54, 1.807) is 24.3 Å². The van der Waals surface area contributed by atoms with Gasteiger partial charge in [0, 0.05) is 36.6 Å². The van der Waals surface area contributed by atoms with Crippen LogP contribution < -0.4 is 20.5 Å². The Hall–Kier alpha value is -3.82. The standard InChI is InChI=1S/C25H28N6O6S2/c26-24(31-12-14-37-15-13-31)19-2-1-3-21(16-19)30-25(32)29-20-6-10-23(11-7-20)39(35,36)28-17-18-4-8-22(9-5-18)38(27,33)34/h1-11,16,26,28H,12-15,17H2,(H2,27,33,34)(H2,29,30,32). The number of nitrogens with two attached hydrogens (primary N) is 1. The molecule has 1 saturated heterocycles.